The summed E-state index contributed by atoms with van der Waals surface area (Å²) in [5.74, 6) is -0.239. The molecule has 4 nitrogen and oxygen atoms in total. The van der Waals surface area contributed by atoms with Gasteiger partial charge in [-0.15, -0.1) is 0 Å². The first-order valence-corrected chi connectivity index (χ1v) is 6.60. The molecule has 1 saturated heterocycles. The van der Waals surface area contributed by atoms with Gasteiger partial charge >= 0.3 is 0 Å². The van der Waals surface area contributed by atoms with Crippen LogP contribution in [0.3, 0.4) is 0 Å². The second-order valence-corrected chi connectivity index (χ2v) is 4.98. The molecule has 1 heterocycles. The molecule has 0 aliphatic carbocycles. The van der Waals surface area contributed by atoms with Gasteiger partial charge in [0, 0.05) is 38.3 Å². The highest BCUT2D eigenvalue weighted by Crippen LogP contribution is 2.22. The van der Waals surface area contributed by atoms with Gasteiger partial charge in [-0.2, -0.15) is 0 Å². The minimum absolute atomic E-state index is 0.00891. The number of piperidine rings is 1. The van der Waals surface area contributed by atoms with Crippen molar-refractivity contribution in [1.29, 1.82) is 0 Å². The molecule has 5 heteroatoms. The van der Waals surface area contributed by atoms with Crippen LogP contribution >= 0.6 is 0 Å². The molecule has 0 saturated carbocycles. The van der Waals surface area contributed by atoms with Gasteiger partial charge in [0.05, 0.1) is 0 Å². The molecule has 0 aromatic heterocycles. The van der Waals surface area contributed by atoms with Gasteiger partial charge in [-0.3, -0.25) is 4.79 Å². The van der Waals surface area contributed by atoms with Crippen LogP contribution < -0.4 is 16.0 Å². The van der Waals surface area contributed by atoms with Crippen molar-refractivity contribution in [2.45, 2.75) is 32.4 Å². The number of benzene rings is 1. The molecule has 1 aromatic carbocycles. The Morgan fingerprint density at radius 3 is 2.68 bits per heavy atom. The number of anilines is 1. The van der Waals surface area contributed by atoms with E-state index in [1.54, 1.807) is 0 Å². The van der Waals surface area contributed by atoms with Crippen molar-refractivity contribution in [2.24, 2.45) is 5.73 Å². The van der Waals surface area contributed by atoms with E-state index in [1.807, 2.05) is 6.07 Å². The van der Waals surface area contributed by atoms with E-state index in [0.717, 1.165) is 37.2 Å². The molecule has 1 aromatic rings. The van der Waals surface area contributed by atoms with Crippen LogP contribution in [0.15, 0.2) is 18.2 Å². The lowest BCUT2D eigenvalue weighted by atomic mass is 10.0. The predicted molar refractivity (Wildman–Crippen MR) is 73.3 cm³/mol. The van der Waals surface area contributed by atoms with Crippen LogP contribution in [0.5, 0.6) is 0 Å². The third kappa shape index (κ3) is 3.67. The number of hydrogen-bond donors (Lipinski definition) is 2. The van der Waals surface area contributed by atoms with Gasteiger partial charge in [-0.1, -0.05) is 0 Å². The van der Waals surface area contributed by atoms with Gasteiger partial charge < -0.3 is 16.0 Å². The average Bonchev–Trinajstić information content (AvgIpc) is 2.38. The van der Waals surface area contributed by atoms with Crippen molar-refractivity contribution in [2.75, 3.05) is 18.0 Å². The highest BCUT2D eigenvalue weighted by molar-refractivity contribution is 5.73. The molecule has 3 N–H and O–H groups in total. The van der Waals surface area contributed by atoms with Gasteiger partial charge in [-0.25, -0.2) is 4.39 Å². The zero-order chi connectivity index (χ0) is 13.8. The maximum atomic E-state index is 13.5. The fourth-order valence-corrected chi connectivity index (χ4v) is 2.50. The summed E-state index contributed by atoms with van der Waals surface area (Å²) in [5.41, 5.74) is 7.24. The summed E-state index contributed by atoms with van der Waals surface area (Å²) >= 11 is 0. The number of amides is 1. The molecule has 0 atom stereocenters. The largest absolute Gasteiger partial charge is 0.371 e. The minimum Gasteiger partial charge on any atom is -0.371 e. The van der Waals surface area contributed by atoms with Crippen molar-refractivity contribution in [3.05, 3.63) is 29.6 Å². The summed E-state index contributed by atoms with van der Waals surface area (Å²) < 4.78 is 13.5. The Morgan fingerprint density at radius 2 is 2.11 bits per heavy atom. The van der Waals surface area contributed by atoms with Crippen molar-refractivity contribution in [3.63, 3.8) is 0 Å². The molecule has 1 aliphatic heterocycles. The number of nitrogens with two attached hydrogens (primary N) is 1. The van der Waals surface area contributed by atoms with Gasteiger partial charge in [0.15, 0.2) is 0 Å². The Kier molecular flexibility index (Phi) is 4.37. The van der Waals surface area contributed by atoms with Gasteiger partial charge in [0.1, 0.15) is 5.82 Å². The van der Waals surface area contributed by atoms with E-state index in [-0.39, 0.29) is 17.8 Å². The van der Waals surface area contributed by atoms with E-state index in [9.17, 15) is 9.18 Å². The predicted octanol–water partition coefficient (Wildman–Crippen LogP) is 1.39. The summed E-state index contributed by atoms with van der Waals surface area (Å²) in [7, 11) is 0. The van der Waals surface area contributed by atoms with E-state index < -0.39 is 0 Å². The normalized spacial score (nSPS) is 16.5. The van der Waals surface area contributed by atoms with E-state index in [1.165, 1.54) is 19.1 Å². The van der Waals surface area contributed by atoms with Crippen molar-refractivity contribution in [1.82, 2.24) is 5.32 Å². The smallest absolute Gasteiger partial charge is 0.217 e. The number of carbonyl (C=O) groups excluding carboxylic acids is 1. The van der Waals surface area contributed by atoms with Crippen LogP contribution in [-0.2, 0) is 11.3 Å². The summed E-state index contributed by atoms with van der Waals surface area (Å²) in [4.78, 5) is 13.1. The SMILES string of the molecule is CC(=O)NC1CCN(c2cc(F)cc(CN)c2)CC1. The summed E-state index contributed by atoms with van der Waals surface area (Å²) in [6, 6.07) is 5.17. The number of carbonyl (C=O) groups is 1. The maximum Gasteiger partial charge on any atom is 0.217 e. The Bertz CT molecular complexity index is 456. The molecule has 0 unspecified atom stereocenters. The first kappa shape index (κ1) is 13.8. The molecule has 1 fully saturated rings. The molecule has 0 spiro atoms. The molecule has 0 bridgehead atoms. The lowest BCUT2D eigenvalue weighted by Crippen LogP contribution is -2.44. The van der Waals surface area contributed by atoms with E-state index in [0.29, 0.717) is 6.54 Å². The van der Waals surface area contributed by atoms with Crippen molar-refractivity contribution in [3.8, 4) is 0 Å². The average molecular weight is 265 g/mol. The first-order valence-electron chi connectivity index (χ1n) is 6.60. The zero-order valence-electron chi connectivity index (χ0n) is 11.2. The van der Waals surface area contributed by atoms with Crippen LogP contribution in [0, 0.1) is 5.82 Å². The minimum atomic E-state index is -0.248. The summed E-state index contributed by atoms with van der Waals surface area (Å²) in [5, 5.41) is 2.93. The van der Waals surface area contributed by atoms with E-state index in [2.05, 4.69) is 10.2 Å². The Morgan fingerprint density at radius 1 is 1.42 bits per heavy atom. The molecule has 2 rings (SSSR count). The summed E-state index contributed by atoms with van der Waals surface area (Å²) in [6.07, 6.45) is 1.77. The Hall–Kier alpha value is -1.62. The van der Waals surface area contributed by atoms with Crippen LogP contribution in [0.1, 0.15) is 25.3 Å². The van der Waals surface area contributed by atoms with Gasteiger partial charge in [0.25, 0.3) is 0 Å². The lowest BCUT2D eigenvalue weighted by molar-refractivity contribution is -0.119. The highest BCUT2D eigenvalue weighted by Gasteiger charge is 2.20. The molecule has 1 aliphatic rings. The monoisotopic (exact) mass is 265 g/mol. The molecule has 1 amide bonds. The third-order valence-corrected chi connectivity index (χ3v) is 3.45. The first-order chi connectivity index (χ1) is 9.08. The second-order valence-electron chi connectivity index (χ2n) is 4.98. The van der Waals surface area contributed by atoms with E-state index in [4.69, 9.17) is 5.73 Å². The number of hydrogen-bond acceptors (Lipinski definition) is 3. The molecule has 0 radical (unpaired) electrons. The van der Waals surface area contributed by atoms with Gasteiger partial charge in [0.2, 0.25) is 5.91 Å². The molecular formula is C14H20FN3O. The zero-order valence-corrected chi connectivity index (χ0v) is 11.2. The van der Waals surface area contributed by atoms with Crippen LogP contribution in [-0.4, -0.2) is 25.0 Å². The lowest BCUT2D eigenvalue weighted by Gasteiger charge is -2.34. The summed E-state index contributed by atoms with van der Waals surface area (Å²) in [6.45, 7) is 3.51. The molecular weight excluding hydrogens is 245 g/mol. The molecule has 19 heavy (non-hydrogen) atoms. The van der Waals surface area contributed by atoms with Crippen LogP contribution in [0.25, 0.3) is 0 Å². The second kappa shape index (κ2) is 6.02. The topological polar surface area (TPSA) is 58.4 Å². The van der Waals surface area contributed by atoms with Crippen molar-refractivity contribution < 1.29 is 9.18 Å². The maximum absolute atomic E-state index is 13.5. The van der Waals surface area contributed by atoms with Crippen molar-refractivity contribution >= 4 is 11.6 Å². The number of nitrogens with zero attached hydrogens (tertiary/aromatic N) is 1. The van der Waals surface area contributed by atoms with Gasteiger partial charge in [-0.05, 0) is 36.6 Å². The highest BCUT2D eigenvalue weighted by atomic mass is 19.1. The number of nitrogens with one attached hydrogen (secondary N) is 1. The van der Waals surface area contributed by atoms with Crippen LogP contribution in [0.2, 0.25) is 0 Å². The standard InChI is InChI=1S/C14H20FN3O/c1-10(19)17-13-2-4-18(5-3-13)14-7-11(9-16)6-12(15)8-14/h6-8,13H,2-5,9,16H2,1H3,(H,17,19). The molecule has 104 valence electrons. The Labute approximate surface area is 112 Å². The third-order valence-electron chi connectivity index (χ3n) is 3.45. The fraction of sp³-hybridized carbons (Fsp3) is 0.500. The number of halogens is 1. The quantitative estimate of drug-likeness (QED) is 0.868. The Balaban J connectivity index is 2.01. The van der Waals surface area contributed by atoms with E-state index >= 15 is 0 Å². The number of rotatable bonds is 3. The van der Waals surface area contributed by atoms with Crippen LogP contribution in [0.4, 0.5) is 10.1 Å². The fourth-order valence-electron chi connectivity index (χ4n) is 2.50.